The van der Waals surface area contributed by atoms with Gasteiger partial charge in [0.25, 0.3) is 5.56 Å². The van der Waals surface area contributed by atoms with Crippen molar-refractivity contribution in [3.8, 4) is 0 Å². The highest BCUT2D eigenvalue weighted by atomic mass is 35.5. The summed E-state index contributed by atoms with van der Waals surface area (Å²) in [5.41, 5.74) is 3.29. The van der Waals surface area contributed by atoms with Gasteiger partial charge in [-0.3, -0.25) is 4.79 Å². The molecule has 0 saturated carbocycles. The molecule has 2 aromatic heterocycles. The molecule has 0 amide bonds. The van der Waals surface area contributed by atoms with E-state index in [0.29, 0.717) is 31.3 Å². The minimum atomic E-state index is 0.0172. The monoisotopic (exact) mass is 518 g/mol. The summed E-state index contributed by atoms with van der Waals surface area (Å²) in [4.78, 5) is 24.1. The minimum absolute atomic E-state index is 0.0172. The van der Waals surface area contributed by atoms with Crippen LogP contribution >= 0.6 is 23.2 Å². The van der Waals surface area contributed by atoms with E-state index in [4.69, 9.17) is 32.9 Å². The van der Waals surface area contributed by atoms with E-state index in [0.717, 1.165) is 40.8 Å². The Hall–Kier alpha value is -2.55. The molecule has 2 atom stereocenters. The third-order valence-corrected chi connectivity index (χ3v) is 6.89. The molecule has 35 heavy (non-hydrogen) atoms. The number of morpholine rings is 1. The van der Waals surface area contributed by atoms with E-state index in [1.165, 1.54) is 0 Å². The van der Waals surface area contributed by atoms with Crippen LogP contribution < -0.4 is 21.1 Å². The number of rotatable bonds is 7. The fourth-order valence-electron chi connectivity index (χ4n) is 4.58. The fraction of sp³-hybridized carbons (Fsp3) is 0.480. The van der Waals surface area contributed by atoms with Gasteiger partial charge in [-0.25, -0.2) is 0 Å². The maximum Gasteiger partial charge on any atom is 0.256 e. The van der Waals surface area contributed by atoms with Crippen molar-refractivity contribution in [2.24, 2.45) is 7.05 Å². The first kappa shape index (κ1) is 25.5. The van der Waals surface area contributed by atoms with Crippen LogP contribution in [0.25, 0.3) is 10.9 Å². The van der Waals surface area contributed by atoms with E-state index < -0.39 is 0 Å². The fourth-order valence-corrected chi connectivity index (χ4v) is 4.88. The molecule has 1 saturated heterocycles. The number of benzene rings is 1. The third kappa shape index (κ3) is 5.20. The molecule has 8 nitrogen and oxygen atoms in total. The van der Waals surface area contributed by atoms with Crippen LogP contribution in [-0.4, -0.2) is 46.4 Å². The zero-order valence-corrected chi connectivity index (χ0v) is 22.3. The van der Waals surface area contributed by atoms with Gasteiger partial charge in [0.1, 0.15) is 5.02 Å². The third-order valence-electron chi connectivity index (χ3n) is 6.16. The summed E-state index contributed by atoms with van der Waals surface area (Å²) >= 11 is 12.9. The normalized spacial score (nSPS) is 18.2. The smallest absolute Gasteiger partial charge is 0.256 e. The highest BCUT2D eigenvalue weighted by Gasteiger charge is 2.26. The number of aryl methyl sites for hydroxylation is 1. The second-order valence-corrected chi connectivity index (χ2v) is 9.73. The molecule has 1 aliphatic heterocycles. The van der Waals surface area contributed by atoms with Crippen LogP contribution in [0.1, 0.15) is 39.7 Å². The van der Waals surface area contributed by atoms with Crippen molar-refractivity contribution in [3.63, 3.8) is 0 Å². The highest BCUT2D eigenvalue weighted by molar-refractivity contribution is 6.42. The molecule has 1 aliphatic rings. The summed E-state index contributed by atoms with van der Waals surface area (Å²) in [5, 5.41) is 8.18. The van der Waals surface area contributed by atoms with Gasteiger partial charge in [-0.05, 0) is 44.9 Å². The van der Waals surface area contributed by atoms with Gasteiger partial charge in [0.15, 0.2) is 11.0 Å². The van der Waals surface area contributed by atoms with E-state index in [-0.39, 0.29) is 27.9 Å². The number of nitrogens with zero attached hydrogens (tertiary/aromatic N) is 4. The van der Waals surface area contributed by atoms with Gasteiger partial charge in [0, 0.05) is 43.3 Å². The molecule has 0 bridgehead atoms. The lowest BCUT2D eigenvalue weighted by Crippen LogP contribution is -2.46. The summed E-state index contributed by atoms with van der Waals surface area (Å²) in [6.07, 6.45) is 1.71. The van der Waals surface area contributed by atoms with Crippen molar-refractivity contribution in [2.45, 2.75) is 52.7 Å². The summed E-state index contributed by atoms with van der Waals surface area (Å²) in [6, 6.07) is 5.84. The average Bonchev–Trinajstić information content (AvgIpc) is 2.82. The molecular weight excluding hydrogens is 487 g/mol. The molecule has 188 valence electrons. The lowest BCUT2D eigenvalue weighted by molar-refractivity contribution is -0.00571. The Bertz CT molecular complexity index is 1290. The number of fused-ring (bicyclic) bond motifs is 1. The van der Waals surface area contributed by atoms with Crippen LogP contribution in [0.3, 0.4) is 0 Å². The van der Waals surface area contributed by atoms with Gasteiger partial charge < -0.3 is 24.8 Å². The molecule has 3 aromatic rings. The number of nitrogens with one attached hydrogen (secondary N) is 2. The Morgan fingerprint density at radius 3 is 2.51 bits per heavy atom. The Kier molecular flexibility index (Phi) is 7.73. The number of anilines is 4. The van der Waals surface area contributed by atoms with Crippen LogP contribution in [-0.2, 0) is 18.2 Å². The van der Waals surface area contributed by atoms with E-state index in [9.17, 15) is 4.79 Å². The van der Waals surface area contributed by atoms with Gasteiger partial charge in [0.2, 0.25) is 5.95 Å². The van der Waals surface area contributed by atoms with Crippen molar-refractivity contribution in [1.82, 2.24) is 14.5 Å². The van der Waals surface area contributed by atoms with Crippen LogP contribution in [0, 0.1) is 0 Å². The Balaban J connectivity index is 1.76. The van der Waals surface area contributed by atoms with E-state index in [1.807, 2.05) is 39.0 Å². The van der Waals surface area contributed by atoms with E-state index in [1.54, 1.807) is 11.6 Å². The molecule has 0 aliphatic carbocycles. The summed E-state index contributed by atoms with van der Waals surface area (Å²) in [7, 11) is 1.80. The molecule has 1 aromatic carbocycles. The molecule has 4 rings (SSSR count). The van der Waals surface area contributed by atoms with Crippen LogP contribution in [0.15, 0.2) is 23.0 Å². The summed E-state index contributed by atoms with van der Waals surface area (Å²) in [5.74, 6) is 0.932. The first-order valence-electron chi connectivity index (χ1n) is 12.0. The number of hydrogen-bond donors (Lipinski definition) is 2. The van der Waals surface area contributed by atoms with Crippen molar-refractivity contribution in [1.29, 1.82) is 0 Å². The Morgan fingerprint density at radius 2 is 1.86 bits per heavy atom. The molecule has 0 radical (unpaired) electrons. The standard InChI is InChI=1S/C25H32Cl2N6O2/c1-6-10-28-21-17(7-2)24(34)32(5)19-9-8-16(11-18(19)21)29-23-20(26)22(27)30-25(31-23)33-12-14(3)35-15(4)13-33/h8-9,11,14-15,28H,6-7,10,12-13H2,1-5H3,(H,29,30,31). The molecular formula is C25H32Cl2N6O2. The maximum absolute atomic E-state index is 12.9. The molecule has 3 heterocycles. The van der Waals surface area contributed by atoms with Crippen molar-refractivity contribution >= 4 is 57.2 Å². The summed E-state index contributed by atoms with van der Waals surface area (Å²) in [6.45, 7) is 10.3. The number of pyridine rings is 1. The zero-order valence-electron chi connectivity index (χ0n) is 20.8. The SMILES string of the molecule is CCCNc1c(CC)c(=O)n(C)c2ccc(Nc3nc(N4CC(C)OC(C)C4)nc(Cl)c3Cl)cc12. The highest BCUT2D eigenvalue weighted by Crippen LogP contribution is 2.34. The number of ether oxygens (including phenoxy) is 1. The average molecular weight is 519 g/mol. The zero-order chi connectivity index (χ0) is 25.3. The Morgan fingerprint density at radius 1 is 1.14 bits per heavy atom. The second-order valence-electron chi connectivity index (χ2n) is 8.99. The minimum Gasteiger partial charge on any atom is -0.384 e. The topological polar surface area (TPSA) is 84.3 Å². The van der Waals surface area contributed by atoms with Crippen molar-refractivity contribution < 1.29 is 4.74 Å². The number of hydrogen-bond acceptors (Lipinski definition) is 7. The van der Waals surface area contributed by atoms with Crippen LogP contribution in [0.4, 0.5) is 23.1 Å². The maximum atomic E-state index is 12.9. The van der Waals surface area contributed by atoms with Gasteiger partial charge >= 0.3 is 0 Å². The van der Waals surface area contributed by atoms with Gasteiger partial charge in [-0.15, -0.1) is 0 Å². The first-order valence-corrected chi connectivity index (χ1v) is 12.8. The van der Waals surface area contributed by atoms with Gasteiger partial charge in [0.05, 0.1) is 23.4 Å². The molecule has 2 unspecified atom stereocenters. The predicted octanol–water partition coefficient (Wildman–Crippen LogP) is 5.38. The Labute approximate surface area is 215 Å². The largest absolute Gasteiger partial charge is 0.384 e. The predicted molar refractivity (Wildman–Crippen MR) is 145 cm³/mol. The first-order chi connectivity index (χ1) is 16.7. The molecule has 2 N–H and O–H groups in total. The second kappa shape index (κ2) is 10.6. The lowest BCUT2D eigenvalue weighted by atomic mass is 10.1. The summed E-state index contributed by atoms with van der Waals surface area (Å²) < 4.78 is 7.53. The quantitative estimate of drug-likeness (QED) is 0.406. The van der Waals surface area contributed by atoms with E-state index >= 15 is 0 Å². The van der Waals surface area contributed by atoms with Crippen LogP contribution in [0.2, 0.25) is 10.2 Å². The lowest BCUT2D eigenvalue weighted by Gasteiger charge is -2.35. The number of aromatic nitrogens is 3. The van der Waals surface area contributed by atoms with Crippen molar-refractivity contribution in [2.75, 3.05) is 35.2 Å². The van der Waals surface area contributed by atoms with Gasteiger partial charge in [-0.1, -0.05) is 37.0 Å². The molecule has 1 fully saturated rings. The van der Waals surface area contributed by atoms with E-state index in [2.05, 4.69) is 27.4 Å². The number of halogens is 2. The van der Waals surface area contributed by atoms with Crippen molar-refractivity contribution in [3.05, 3.63) is 44.3 Å². The van der Waals surface area contributed by atoms with Gasteiger partial charge in [-0.2, -0.15) is 9.97 Å². The molecule has 0 spiro atoms. The molecule has 10 heteroatoms. The van der Waals surface area contributed by atoms with Crippen LogP contribution in [0.5, 0.6) is 0 Å².